The number of nitrogens with one attached hydrogen (secondary N) is 1. The van der Waals surface area contributed by atoms with Crippen LogP contribution in [0.1, 0.15) is 44.6 Å². The number of pyridine rings is 1. The molecule has 0 unspecified atom stereocenters. The zero-order chi connectivity index (χ0) is 14.5. The first kappa shape index (κ1) is 14.3. The Morgan fingerprint density at radius 3 is 2.90 bits per heavy atom. The van der Waals surface area contributed by atoms with Gasteiger partial charge < -0.3 is 10.1 Å². The number of para-hydroxylation sites is 1. The minimum atomic E-state index is 0.714. The number of ether oxygens (including phenoxy) is 1. The van der Waals surface area contributed by atoms with Crippen LogP contribution in [0.3, 0.4) is 0 Å². The van der Waals surface area contributed by atoms with E-state index in [1.54, 1.807) is 0 Å². The molecule has 21 heavy (non-hydrogen) atoms. The summed E-state index contributed by atoms with van der Waals surface area (Å²) in [4.78, 5) is 4.63. The first-order valence-corrected chi connectivity index (χ1v) is 8.11. The van der Waals surface area contributed by atoms with Crippen molar-refractivity contribution < 1.29 is 4.74 Å². The number of hydrogen-bond acceptors (Lipinski definition) is 3. The second kappa shape index (κ2) is 6.90. The molecular formula is C18H24N2O. The standard InChI is InChI=1S/C18H24N2O/c1-2-3-6-11-21-18-12-14(13-19-15-9-10-15)16-7-4-5-8-17(16)20-18/h4-5,7-8,12,15,19H,2-3,6,9-11,13H2,1H3. The molecule has 0 radical (unpaired) electrons. The number of hydrogen-bond donors (Lipinski definition) is 1. The van der Waals surface area contributed by atoms with E-state index < -0.39 is 0 Å². The molecule has 0 amide bonds. The van der Waals surface area contributed by atoms with Gasteiger partial charge >= 0.3 is 0 Å². The fourth-order valence-corrected chi connectivity index (χ4v) is 2.51. The smallest absolute Gasteiger partial charge is 0.214 e. The van der Waals surface area contributed by atoms with Crippen molar-refractivity contribution in [1.82, 2.24) is 10.3 Å². The van der Waals surface area contributed by atoms with Crippen molar-refractivity contribution in [2.75, 3.05) is 6.61 Å². The van der Waals surface area contributed by atoms with Crippen LogP contribution < -0.4 is 10.1 Å². The molecule has 0 aliphatic heterocycles. The zero-order valence-corrected chi connectivity index (χ0v) is 12.8. The minimum absolute atomic E-state index is 0.714. The van der Waals surface area contributed by atoms with Gasteiger partial charge in [-0.15, -0.1) is 0 Å². The SMILES string of the molecule is CCCCCOc1cc(CNC2CC2)c2ccccc2n1. The van der Waals surface area contributed by atoms with Crippen LogP contribution in [-0.2, 0) is 6.54 Å². The largest absolute Gasteiger partial charge is 0.478 e. The van der Waals surface area contributed by atoms with Crippen molar-refractivity contribution >= 4 is 10.9 Å². The third-order valence-corrected chi connectivity index (χ3v) is 3.93. The van der Waals surface area contributed by atoms with E-state index >= 15 is 0 Å². The minimum Gasteiger partial charge on any atom is -0.478 e. The van der Waals surface area contributed by atoms with E-state index in [-0.39, 0.29) is 0 Å². The summed E-state index contributed by atoms with van der Waals surface area (Å²) < 4.78 is 5.84. The summed E-state index contributed by atoms with van der Waals surface area (Å²) in [5.74, 6) is 0.761. The molecule has 1 heterocycles. The molecule has 1 aliphatic rings. The first-order valence-electron chi connectivity index (χ1n) is 8.11. The third kappa shape index (κ3) is 3.94. The molecule has 1 fully saturated rings. The van der Waals surface area contributed by atoms with E-state index in [0.29, 0.717) is 6.04 Å². The number of unbranched alkanes of at least 4 members (excludes halogenated alkanes) is 2. The van der Waals surface area contributed by atoms with E-state index in [2.05, 4.69) is 41.5 Å². The van der Waals surface area contributed by atoms with Gasteiger partial charge in [0.25, 0.3) is 0 Å². The molecule has 1 aromatic heterocycles. The highest BCUT2D eigenvalue weighted by atomic mass is 16.5. The molecule has 1 saturated carbocycles. The van der Waals surface area contributed by atoms with Crippen molar-refractivity contribution in [1.29, 1.82) is 0 Å². The normalized spacial score (nSPS) is 14.5. The van der Waals surface area contributed by atoms with Gasteiger partial charge in [-0.2, -0.15) is 0 Å². The molecule has 1 aromatic carbocycles. The molecule has 3 heteroatoms. The van der Waals surface area contributed by atoms with E-state index in [4.69, 9.17) is 4.74 Å². The maximum absolute atomic E-state index is 5.84. The van der Waals surface area contributed by atoms with E-state index in [9.17, 15) is 0 Å². The zero-order valence-electron chi connectivity index (χ0n) is 12.8. The number of nitrogens with zero attached hydrogens (tertiary/aromatic N) is 1. The first-order chi connectivity index (χ1) is 10.4. The number of aromatic nitrogens is 1. The predicted octanol–water partition coefficient (Wildman–Crippen LogP) is 4.06. The number of fused-ring (bicyclic) bond motifs is 1. The van der Waals surface area contributed by atoms with Crippen LogP contribution in [-0.4, -0.2) is 17.6 Å². The van der Waals surface area contributed by atoms with E-state index in [0.717, 1.165) is 31.0 Å². The van der Waals surface area contributed by atoms with Crippen LogP contribution in [0.5, 0.6) is 5.88 Å². The monoisotopic (exact) mass is 284 g/mol. The third-order valence-electron chi connectivity index (χ3n) is 3.93. The van der Waals surface area contributed by atoms with Gasteiger partial charge in [-0.1, -0.05) is 38.0 Å². The van der Waals surface area contributed by atoms with Crippen LogP contribution >= 0.6 is 0 Å². The van der Waals surface area contributed by atoms with Crippen LogP contribution in [0.15, 0.2) is 30.3 Å². The topological polar surface area (TPSA) is 34.1 Å². The molecule has 112 valence electrons. The fraction of sp³-hybridized carbons (Fsp3) is 0.500. The Morgan fingerprint density at radius 2 is 2.10 bits per heavy atom. The van der Waals surface area contributed by atoms with Gasteiger partial charge in [-0.3, -0.25) is 0 Å². The lowest BCUT2D eigenvalue weighted by Gasteiger charge is -2.11. The van der Waals surface area contributed by atoms with Crippen molar-refractivity contribution in [2.24, 2.45) is 0 Å². The Kier molecular flexibility index (Phi) is 4.71. The fourth-order valence-electron chi connectivity index (χ4n) is 2.51. The van der Waals surface area contributed by atoms with Crippen molar-refractivity contribution in [3.05, 3.63) is 35.9 Å². The average Bonchev–Trinajstić information content (AvgIpc) is 3.33. The highest BCUT2D eigenvalue weighted by Crippen LogP contribution is 2.24. The second-order valence-corrected chi connectivity index (χ2v) is 5.85. The summed E-state index contributed by atoms with van der Waals surface area (Å²) in [5, 5.41) is 4.81. The Balaban J connectivity index is 1.76. The molecule has 0 spiro atoms. The van der Waals surface area contributed by atoms with Gasteiger partial charge in [-0.25, -0.2) is 4.98 Å². The van der Waals surface area contributed by atoms with Gasteiger partial charge in [0.1, 0.15) is 0 Å². The summed E-state index contributed by atoms with van der Waals surface area (Å²) in [6.07, 6.45) is 6.14. The molecule has 1 aliphatic carbocycles. The van der Waals surface area contributed by atoms with Gasteiger partial charge in [0.05, 0.1) is 12.1 Å². The Hall–Kier alpha value is -1.61. The lowest BCUT2D eigenvalue weighted by atomic mass is 10.1. The van der Waals surface area contributed by atoms with Crippen molar-refractivity contribution in [2.45, 2.75) is 51.6 Å². The number of benzene rings is 1. The lowest BCUT2D eigenvalue weighted by molar-refractivity contribution is 0.295. The summed E-state index contributed by atoms with van der Waals surface area (Å²) in [7, 11) is 0. The highest BCUT2D eigenvalue weighted by Gasteiger charge is 2.20. The Bertz CT molecular complexity index is 593. The summed E-state index contributed by atoms with van der Waals surface area (Å²) in [6, 6.07) is 11.1. The maximum atomic E-state index is 5.84. The van der Waals surface area contributed by atoms with Crippen molar-refractivity contribution in [3.63, 3.8) is 0 Å². The Morgan fingerprint density at radius 1 is 1.24 bits per heavy atom. The molecule has 3 nitrogen and oxygen atoms in total. The molecule has 0 bridgehead atoms. The van der Waals surface area contributed by atoms with Crippen LogP contribution in [0.2, 0.25) is 0 Å². The molecule has 3 rings (SSSR count). The molecular weight excluding hydrogens is 260 g/mol. The molecule has 1 N–H and O–H groups in total. The Labute approximate surface area is 126 Å². The van der Waals surface area contributed by atoms with Gasteiger partial charge in [0.15, 0.2) is 0 Å². The summed E-state index contributed by atoms with van der Waals surface area (Å²) in [5.41, 5.74) is 2.32. The van der Waals surface area contributed by atoms with Crippen molar-refractivity contribution in [3.8, 4) is 5.88 Å². The molecule has 2 aromatic rings. The maximum Gasteiger partial charge on any atom is 0.214 e. The molecule has 0 saturated heterocycles. The van der Waals surface area contributed by atoms with E-state index in [1.807, 2.05) is 6.07 Å². The summed E-state index contributed by atoms with van der Waals surface area (Å²) >= 11 is 0. The van der Waals surface area contributed by atoms with E-state index in [1.165, 1.54) is 36.6 Å². The average molecular weight is 284 g/mol. The lowest BCUT2D eigenvalue weighted by Crippen LogP contribution is -2.15. The van der Waals surface area contributed by atoms with Crippen LogP contribution in [0.25, 0.3) is 10.9 Å². The van der Waals surface area contributed by atoms with Gasteiger partial charge in [0.2, 0.25) is 5.88 Å². The number of rotatable bonds is 8. The van der Waals surface area contributed by atoms with Crippen LogP contribution in [0.4, 0.5) is 0 Å². The van der Waals surface area contributed by atoms with Gasteiger partial charge in [0, 0.05) is 24.0 Å². The predicted molar refractivity (Wildman–Crippen MR) is 86.6 cm³/mol. The highest BCUT2D eigenvalue weighted by molar-refractivity contribution is 5.82. The van der Waals surface area contributed by atoms with Gasteiger partial charge in [-0.05, 0) is 30.9 Å². The quantitative estimate of drug-likeness (QED) is 0.742. The second-order valence-electron chi connectivity index (χ2n) is 5.85. The summed E-state index contributed by atoms with van der Waals surface area (Å²) in [6.45, 7) is 3.86. The van der Waals surface area contributed by atoms with Crippen LogP contribution in [0, 0.1) is 0 Å². The molecule has 0 atom stereocenters.